The summed E-state index contributed by atoms with van der Waals surface area (Å²) in [5, 5.41) is 6.40. The molecule has 0 radical (unpaired) electrons. The number of amides is 1. The average Bonchev–Trinajstić information content (AvgIpc) is 3.06. The third-order valence-corrected chi connectivity index (χ3v) is 4.59. The molecule has 0 saturated heterocycles. The van der Waals surface area contributed by atoms with Gasteiger partial charge in [0.2, 0.25) is 5.91 Å². The maximum atomic E-state index is 13.2. The molecule has 0 N–H and O–H groups in total. The van der Waals surface area contributed by atoms with Crippen LogP contribution in [-0.4, -0.2) is 44.2 Å². The summed E-state index contributed by atoms with van der Waals surface area (Å²) >= 11 is 6.19. The molecule has 0 atom stereocenters. The fraction of sp³-hybridized carbons (Fsp3) is 0.158. The number of pyridine rings is 2. The van der Waals surface area contributed by atoms with Crippen LogP contribution in [0.3, 0.4) is 0 Å². The molecule has 0 aliphatic rings. The normalized spacial score (nSPS) is 11.2. The van der Waals surface area contributed by atoms with Crippen molar-refractivity contribution in [3.8, 4) is 5.69 Å². The van der Waals surface area contributed by atoms with E-state index in [0.717, 1.165) is 5.39 Å². The number of aromatic nitrogens is 4. The molecule has 0 aliphatic carbocycles. The van der Waals surface area contributed by atoms with Crippen molar-refractivity contribution in [3.63, 3.8) is 0 Å². The third kappa shape index (κ3) is 2.96. The van der Waals surface area contributed by atoms with Crippen LogP contribution in [0.15, 0.2) is 53.7 Å². The summed E-state index contributed by atoms with van der Waals surface area (Å²) in [7, 11) is 3.36. The van der Waals surface area contributed by atoms with Crippen molar-refractivity contribution in [3.05, 3.63) is 64.3 Å². The van der Waals surface area contributed by atoms with Gasteiger partial charge in [0.05, 0.1) is 17.4 Å². The maximum Gasteiger partial charge on any atom is 0.284 e. The Hall–Kier alpha value is -3.19. The minimum Gasteiger partial charge on any atom is -0.347 e. The second kappa shape index (κ2) is 6.51. The zero-order valence-electron chi connectivity index (χ0n) is 14.8. The van der Waals surface area contributed by atoms with Gasteiger partial charge in [-0.3, -0.25) is 23.8 Å². The summed E-state index contributed by atoms with van der Waals surface area (Å²) in [6.45, 7) is 0.0586. The highest BCUT2D eigenvalue weighted by Crippen LogP contribution is 2.26. The number of benzene rings is 1. The average molecular weight is 382 g/mol. The molecule has 0 bridgehead atoms. The molecule has 3 aromatic heterocycles. The van der Waals surface area contributed by atoms with Crippen LogP contribution in [0, 0.1) is 0 Å². The fourth-order valence-electron chi connectivity index (χ4n) is 3.01. The van der Waals surface area contributed by atoms with Crippen LogP contribution in [0.5, 0.6) is 0 Å². The summed E-state index contributed by atoms with van der Waals surface area (Å²) in [4.78, 5) is 30.8. The highest BCUT2D eigenvalue weighted by molar-refractivity contribution is 6.31. The van der Waals surface area contributed by atoms with Crippen LogP contribution in [0.1, 0.15) is 0 Å². The minimum atomic E-state index is -0.288. The van der Waals surface area contributed by atoms with E-state index in [0.29, 0.717) is 27.1 Å². The summed E-state index contributed by atoms with van der Waals surface area (Å²) in [5.74, 6) is -0.109. The lowest BCUT2D eigenvalue weighted by Crippen LogP contribution is -2.26. The molecular formula is C19H16ClN5O2. The highest BCUT2D eigenvalue weighted by Gasteiger charge is 2.17. The van der Waals surface area contributed by atoms with Gasteiger partial charge < -0.3 is 4.90 Å². The van der Waals surface area contributed by atoms with E-state index in [9.17, 15) is 9.59 Å². The van der Waals surface area contributed by atoms with Crippen LogP contribution in [0.25, 0.3) is 27.5 Å². The van der Waals surface area contributed by atoms with E-state index in [1.165, 1.54) is 9.58 Å². The summed E-state index contributed by atoms with van der Waals surface area (Å²) < 4.78 is 3.04. The lowest BCUT2D eigenvalue weighted by Gasteiger charge is -2.10. The molecule has 0 spiro atoms. The van der Waals surface area contributed by atoms with Crippen LogP contribution >= 0.6 is 11.6 Å². The first-order valence-electron chi connectivity index (χ1n) is 8.27. The fourth-order valence-corrected chi connectivity index (χ4v) is 3.18. The Bertz CT molecular complexity index is 1230. The maximum absolute atomic E-state index is 13.2. The van der Waals surface area contributed by atoms with Gasteiger partial charge in [-0.25, -0.2) is 0 Å². The largest absolute Gasteiger partial charge is 0.347 e. The first-order chi connectivity index (χ1) is 13.0. The van der Waals surface area contributed by atoms with Gasteiger partial charge in [0, 0.05) is 42.3 Å². The lowest BCUT2D eigenvalue weighted by molar-refractivity contribution is -0.129. The van der Waals surface area contributed by atoms with Crippen LogP contribution in [0.2, 0.25) is 5.02 Å². The summed E-state index contributed by atoms with van der Waals surface area (Å²) in [6, 6.07) is 8.92. The molecule has 1 amide bonds. The Kier molecular flexibility index (Phi) is 4.16. The summed E-state index contributed by atoms with van der Waals surface area (Å²) in [6.07, 6.45) is 4.98. The van der Waals surface area contributed by atoms with Crippen molar-refractivity contribution < 1.29 is 4.79 Å². The van der Waals surface area contributed by atoms with Gasteiger partial charge in [-0.2, -0.15) is 5.10 Å². The molecule has 136 valence electrons. The van der Waals surface area contributed by atoms with Gasteiger partial charge >= 0.3 is 0 Å². The van der Waals surface area contributed by atoms with E-state index in [-0.39, 0.29) is 18.0 Å². The zero-order valence-corrected chi connectivity index (χ0v) is 15.5. The molecule has 0 saturated carbocycles. The lowest BCUT2D eigenvalue weighted by atomic mass is 10.1. The minimum absolute atomic E-state index is 0.0586. The van der Waals surface area contributed by atoms with Gasteiger partial charge in [0.25, 0.3) is 5.56 Å². The van der Waals surface area contributed by atoms with Crippen molar-refractivity contribution in [2.45, 2.75) is 6.54 Å². The van der Waals surface area contributed by atoms with Gasteiger partial charge in [-0.05, 0) is 24.3 Å². The van der Waals surface area contributed by atoms with E-state index >= 15 is 0 Å². The topological polar surface area (TPSA) is 73.0 Å². The van der Waals surface area contributed by atoms with Gasteiger partial charge in [-0.1, -0.05) is 17.7 Å². The number of halogens is 1. The first-order valence-corrected chi connectivity index (χ1v) is 8.65. The number of carbonyl (C=O) groups is 1. The predicted octanol–water partition coefficient (Wildman–Crippen LogP) is 2.48. The second-order valence-electron chi connectivity index (χ2n) is 6.39. The van der Waals surface area contributed by atoms with Crippen molar-refractivity contribution in [1.82, 2.24) is 24.2 Å². The van der Waals surface area contributed by atoms with E-state index in [2.05, 4.69) is 10.1 Å². The number of likely N-dealkylation sites (N-methyl/N-ethyl adjacent to an activating group) is 1. The second-order valence-corrected chi connectivity index (χ2v) is 6.83. The van der Waals surface area contributed by atoms with E-state index in [1.807, 2.05) is 6.07 Å². The number of fused-ring (bicyclic) bond motifs is 3. The van der Waals surface area contributed by atoms with Crippen LogP contribution in [0.4, 0.5) is 0 Å². The van der Waals surface area contributed by atoms with Crippen molar-refractivity contribution >= 4 is 39.3 Å². The Labute approximate surface area is 159 Å². The first kappa shape index (κ1) is 17.2. The monoisotopic (exact) mass is 381 g/mol. The number of carbonyl (C=O) groups excluding carboxylic acids is 1. The van der Waals surface area contributed by atoms with Crippen molar-refractivity contribution in [2.24, 2.45) is 0 Å². The molecule has 1 aromatic carbocycles. The number of hydrogen-bond donors (Lipinski definition) is 0. The van der Waals surface area contributed by atoms with Gasteiger partial charge in [0.15, 0.2) is 5.52 Å². The van der Waals surface area contributed by atoms with Crippen LogP contribution < -0.4 is 5.56 Å². The predicted molar refractivity (Wildman–Crippen MR) is 104 cm³/mol. The zero-order chi connectivity index (χ0) is 19.1. The molecule has 0 unspecified atom stereocenters. The van der Waals surface area contributed by atoms with E-state index < -0.39 is 0 Å². The van der Waals surface area contributed by atoms with Crippen molar-refractivity contribution in [1.29, 1.82) is 0 Å². The quantitative estimate of drug-likeness (QED) is 0.546. The third-order valence-electron chi connectivity index (χ3n) is 4.36. The Balaban J connectivity index is 2.05. The number of nitrogens with zero attached hydrogens (tertiary/aromatic N) is 5. The van der Waals surface area contributed by atoms with Crippen LogP contribution in [-0.2, 0) is 11.3 Å². The Morgan fingerprint density at radius 1 is 1.22 bits per heavy atom. The molecule has 0 aliphatic heterocycles. The van der Waals surface area contributed by atoms with Crippen molar-refractivity contribution in [2.75, 3.05) is 14.1 Å². The molecule has 8 heteroatoms. The highest BCUT2D eigenvalue weighted by atomic mass is 35.5. The Morgan fingerprint density at radius 3 is 2.74 bits per heavy atom. The Morgan fingerprint density at radius 2 is 2.04 bits per heavy atom. The standard InChI is InChI=1S/C19H16ClN5O2/c1-23(2)17(26)11-24-10-15-14-6-5-12(20)8-16(14)25(19(27)18(15)22-24)13-4-3-7-21-9-13/h3-10H,11H2,1-2H3. The molecule has 0 fully saturated rings. The number of hydrogen-bond acceptors (Lipinski definition) is 4. The smallest absolute Gasteiger partial charge is 0.284 e. The molecule has 27 heavy (non-hydrogen) atoms. The van der Waals surface area contributed by atoms with Gasteiger partial charge in [-0.15, -0.1) is 0 Å². The number of rotatable bonds is 3. The molecule has 4 aromatic rings. The SMILES string of the molecule is CN(C)C(=O)Cn1cc2c(n1)c(=O)n(-c1cccnc1)c1cc(Cl)ccc21. The molecule has 4 rings (SSSR count). The summed E-state index contributed by atoms with van der Waals surface area (Å²) in [5.41, 5.74) is 1.28. The van der Waals surface area contributed by atoms with E-state index in [4.69, 9.17) is 11.6 Å². The molecule has 7 nitrogen and oxygen atoms in total. The molecule has 3 heterocycles. The van der Waals surface area contributed by atoms with E-state index in [1.54, 1.807) is 61.5 Å². The van der Waals surface area contributed by atoms with Gasteiger partial charge in [0.1, 0.15) is 6.54 Å². The molecular weight excluding hydrogens is 366 g/mol.